The van der Waals surface area contributed by atoms with E-state index < -0.39 is 33.4 Å². The summed E-state index contributed by atoms with van der Waals surface area (Å²) in [4.78, 5) is 29.2. The maximum absolute atomic E-state index is 13.5. The molecule has 0 saturated carbocycles. The molecule has 0 aliphatic carbocycles. The smallest absolute Gasteiger partial charge is 0.248 e. The summed E-state index contributed by atoms with van der Waals surface area (Å²) in [5.41, 5.74) is 0.118. The number of hydrogen-bond donors (Lipinski definition) is 2. The third-order valence-electron chi connectivity index (χ3n) is 5.81. The lowest BCUT2D eigenvalue weighted by molar-refractivity contribution is -0.144. The number of likely N-dealkylation sites (N-methyl/N-ethyl adjacent to an activating group) is 1. The van der Waals surface area contributed by atoms with Crippen LogP contribution >= 0.6 is 0 Å². The van der Waals surface area contributed by atoms with Gasteiger partial charge in [0.2, 0.25) is 11.8 Å². The predicted octanol–water partition coefficient (Wildman–Crippen LogP) is -1.20. The largest absolute Gasteiger partial charge is 0.391 e. The van der Waals surface area contributed by atoms with Crippen LogP contribution < -0.4 is 5.32 Å². The standard InChI is InChI=1S/C19H32N6O5S/c1-19(2,3)16(18(28)24-12-14(26)9-15(24)17(27)20-4)25-11-13(21-22-25)10-23-5-7-31(29,30)8-6-23/h11,14-16,26H,5-10,12H2,1-4H3,(H,20,27)/t14?,15?,16-/m1/s1. The number of rotatable bonds is 5. The van der Waals surface area contributed by atoms with E-state index >= 15 is 0 Å². The maximum atomic E-state index is 13.5. The van der Waals surface area contributed by atoms with Crippen molar-refractivity contribution in [1.82, 2.24) is 30.1 Å². The van der Waals surface area contributed by atoms with Gasteiger partial charge in [-0.3, -0.25) is 14.5 Å². The maximum Gasteiger partial charge on any atom is 0.248 e. The van der Waals surface area contributed by atoms with E-state index in [4.69, 9.17) is 0 Å². The van der Waals surface area contributed by atoms with Gasteiger partial charge in [0.15, 0.2) is 9.84 Å². The minimum atomic E-state index is -2.96. The first kappa shape index (κ1) is 23.6. The monoisotopic (exact) mass is 456 g/mol. The second-order valence-corrected chi connectivity index (χ2v) is 11.7. The number of carbonyl (C=O) groups excluding carboxylic acids is 2. The number of nitrogens with zero attached hydrogens (tertiary/aromatic N) is 5. The average molecular weight is 457 g/mol. The molecule has 1 aromatic rings. The summed E-state index contributed by atoms with van der Waals surface area (Å²) >= 11 is 0. The summed E-state index contributed by atoms with van der Waals surface area (Å²) in [6.45, 7) is 7.15. The Bertz CT molecular complexity index is 910. The molecule has 2 amide bonds. The quantitative estimate of drug-likeness (QED) is 0.564. The summed E-state index contributed by atoms with van der Waals surface area (Å²) in [7, 11) is -1.46. The van der Waals surface area contributed by atoms with Crippen LogP contribution in [0.3, 0.4) is 0 Å². The fourth-order valence-electron chi connectivity index (χ4n) is 4.16. The Balaban J connectivity index is 1.79. The molecule has 0 bridgehead atoms. The van der Waals surface area contributed by atoms with Crippen molar-refractivity contribution in [2.24, 2.45) is 5.41 Å². The molecule has 2 unspecified atom stereocenters. The molecule has 31 heavy (non-hydrogen) atoms. The van der Waals surface area contributed by atoms with E-state index in [0.29, 0.717) is 25.3 Å². The molecule has 11 nitrogen and oxygen atoms in total. The van der Waals surface area contributed by atoms with E-state index in [1.165, 1.54) is 16.6 Å². The Kier molecular flexibility index (Phi) is 6.72. The molecule has 2 aliphatic heterocycles. The van der Waals surface area contributed by atoms with E-state index in [1.54, 1.807) is 6.20 Å². The Hall–Kier alpha value is -2.05. The fraction of sp³-hybridized carbons (Fsp3) is 0.789. The van der Waals surface area contributed by atoms with Crippen LogP contribution in [0.15, 0.2) is 6.20 Å². The van der Waals surface area contributed by atoms with Crippen LogP contribution in [0.4, 0.5) is 0 Å². The molecule has 2 fully saturated rings. The van der Waals surface area contributed by atoms with Gasteiger partial charge in [0.25, 0.3) is 0 Å². The van der Waals surface area contributed by atoms with Gasteiger partial charge in [0.05, 0.1) is 29.5 Å². The van der Waals surface area contributed by atoms with Gasteiger partial charge in [-0.05, 0) is 5.41 Å². The second-order valence-electron chi connectivity index (χ2n) is 9.40. The minimum absolute atomic E-state index is 0.0906. The zero-order chi connectivity index (χ0) is 23.0. The minimum Gasteiger partial charge on any atom is -0.391 e. The van der Waals surface area contributed by atoms with Crippen molar-refractivity contribution in [2.75, 3.05) is 38.2 Å². The SMILES string of the molecule is CNC(=O)C1CC(O)CN1C(=O)[C@@H](n1cc(CN2CCS(=O)(=O)CC2)nn1)C(C)(C)C. The van der Waals surface area contributed by atoms with Crippen LogP contribution in [-0.2, 0) is 26.0 Å². The number of sulfone groups is 1. The number of carbonyl (C=O) groups is 2. The van der Waals surface area contributed by atoms with Gasteiger partial charge in [0, 0.05) is 39.6 Å². The molecule has 3 atom stereocenters. The summed E-state index contributed by atoms with van der Waals surface area (Å²) in [5.74, 6) is -0.347. The molecule has 3 rings (SSSR count). The van der Waals surface area contributed by atoms with Gasteiger partial charge in [-0.1, -0.05) is 26.0 Å². The van der Waals surface area contributed by atoms with Gasteiger partial charge in [-0.25, -0.2) is 13.1 Å². The van der Waals surface area contributed by atoms with Gasteiger partial charge in [-0.2, -0.15) is 0 Å². The number of nitrogens with one attached hydrogen (secondary N) is 1. The molecule has 1 aromatic heterocycles. The number of aliphatic hydroxyl groups excluding tert-OH is 1. The highest BCUT2D eigenvalue weighted by Gasteiger charge is 2.45. The van der Waals surface area contributed by atoms with Gasteiger partial charge >= 0.3 is 0 Å². The Morgan fingerprint density at radius 1 is 1.29 bits per heavy atom. The molecule has 0 aromatic carbocycles. The molecule has 0 radical (unpaired) electrons. The topological polar surface area (TPSA) is 138 Å². The van der Waals surface area contributed by atoms with Crippen LogP contribution in [0.1, 0.15) is 38.9 Å². The first-order valence-electron chi connectivity index (χ1n) is 10.4. The van der Waals surface area contributed by atoms with Crippen molar-refractivity contribution in [3.8, 4) is 0 Å². The van der Waals surface area contributed by atoms with Crippen molar-refractivity contribution < 1.29 is 23.1 Å². The fourth-order valence-corrected chi connectivity index (χ4v) is 5.44. The molecule has 2 saturated heterocycles. The zero-order valence-electron chi connectivity index (χ0n) is 18.5. The molecule has 3 heterocycles. The van der Waals surface area contributed by atoms with E-state index in [9.17, 15) is 23.1 Å². The second kappa shape index (κ2) is 8.83. The van der Waals surface area contributed by atoms with Gasteiger partial charge in [-0.15, -0.1) is 5.10 Å². The van der Waals surface area contributed by atoms with E-state index in [1.807, 2.05) is 25.7 Å². The van der Waals surface area contributed by atoms with Crippen LogP contribution in [0, 0.1) is 5.41 Å². The highest BCUT2D eigenvalue weighted by Crippen LogP contribution is 2.34. The number of aromatic nitrogens is 3. The van der Waals surface area contributed by atoms with Crippen molar-refractivity contribution >= 4 is 21.7 Å². The molecule has 12 heteroatoms. The Morgan fingerprint density at radius 2 is 1.94 bits per heavy atom. The van der Waals surface area contributed by atoms with Gasteiger partial charge < -0.3 is 15.3 Å². The Labute approximate surface area is 182 Å². The first-order chi connectivity index (χ1) is 14.4. The summed E-state index contributed by atoms with van der Waals surface area (Å²) < 4.78 is 24.8. The lowest BCUT2D eigenvalue weighted by Crippen LogP contribution is -2.49. The normalized spacial score (nSPS) is 25.4. The molecular weight excluding hydrogens is 424 g/mol. The van der Waals surface area contributed by atoms with Crippen molar-refractivity contribution in [2.45, 2.75) is 51.9 Å². The molecular formula is C19H32N6O5S. The third-order valence-corrected chi connectivity index (χ3v) is 7.42. The van der Waals surface area contributed by atoms with Crippen LogP contribution in [-0.4, -0.2) is 100 Å². The van der Waals surface area contributed by atoms with E-state index in [2.05, 4.69) is 15.6 Å². The molecule has 174 valence electrons. The van der Waals surface area contributed by atoms with Crippen molar-refractivity contribution in [3.05, 3.63) is 11.9 Å². The number of likely N-dealkylation sites (tertiary alicyclic amines) is 1. The summed E-state index contributed by atoms with van der Waals surface area (Å²) in [6.07, 6.45) is 1.15. The average Bonchev–Trinajstić information content (AvgIpc) is 3.28. The highest BCUT2D eigenvalue weighted by molar-refractivity contribution is 7.91. The van der Waals surface area contributed by atoms with Crippen LogP contribution in [0.2, 0.25) is 0 Å². The molecule has 0 spiro atoms. The summed E-state index contributed by atoms with van der Waals surface area (Å²) in [6, 6.07) is -1.44. The lowest BCUT2D eigenvalue weighted by atomic mass is 9.85. The first-order valence-corrected chi connectivity index (χ1v) is 12.3. The highest BCUT2D eigenvalue weighted by atomic mass is 32.2. The van der Waals surface area contributed by atoms with Crippen LogP contribution in [0.5, 0.6) is 0 Å². The third kappa shape index (κ3) is 5.42. The van der Waals surface area contributed by atoms with Crippen molar-refractivity contribution in [1.29, 1.82) is 0 Å². The molecule has 2 N–H and O–H groups in total. The summed E-state index contributed by atoms with van der Waals surface area (Å²) in [5, 5.41) is 21.0. The van der Waals surface area contributed by atoms with Gasteiger partial charge in [0.1, 0.15) is 12.1 Å². The lowest BCUT2D eigenvalue weighted by Gasteiger charge is -2.34. The van der Waals surface area contributed by atoms with E-state index in [-0.39, 0.29) is 36.3 Å². The number of β-amino-alcohol motifs (C(OH)–C–C–N with tert-alkyl or cyclic N) is 1. The van der Waals surface area contributed by atoms with Crippen molar-refractivity contribution in [3.63, 3.8) is 0 Å². The van der Waals surface area contributed by atoms with E-state index in [0.717, 1.165) is 0 Å². The number of hydrogen-bond acceptors (Lipinski definition) is 8. The molecule has 2 aliphatic rings. The zero-order valence-corrected chi connectivity index (χ0v) is 19.3. The predicted molar refractivity (Wildman–Crippen MR) is 113 cm³/mol. The van der Waals surface area contributed by atoms with Crippen LogP contribution in [0.25, 0.3) is 0 Å². The number of aliphatic hydroxyl groups is 1. The number of amides is 2. The Morgan fingerprint density at radius 3 is 2.52 bits per heavy atom.